The van der Waals surface area contributed by atoms with Crippen LogP contribution in [0.1, 0.15) is 35.6 Å². The van der Waals surface area contributed by atoms with Gasteiger partial charge in [0.1, 0.15) is 5.25 Å². The summed E-state index contributed by atoms with van der Waals surface area (Å²) in [5.41, 5.74) is 3.02. The topological polar surface area (TPSA) is 95.9 Å². The van der Waals surface area contributed by atoms with Gasteiger partial charge in [-0.25, -0.2) is 18.2 Å². The maximum absolute atomic E-state index is 13.3. The number of hydrogen-bond donors (Lipinski definition) is 2. The monoisotopic (exact) mass is 452 g/mol. The molecule has 0 radical (unpaired) electrons. The molecule has 1 amide bonds. The quantitative estimate of drug-likeness (QED) is 0.473. The van der Waals surface area contributed by atoms with E-state index in [1.807, 2.05) is 18.2 Å². The largest absolute Gasteiger partial charge is 0.373 e. The van der Waals surface area contributed by atoms with Crippen molar-refractivity contribution in [1.82, 2.24) is 9.79 Å². The van der Waals surface area contributed by atoms with Crippen LogP contribution in [0.15, 0.2) is 54.6 Å². The fourth-order valence-electron chi connectivity index (χ4n) is 3.55. The number of sulfonamides is 1. The third-order valence-electron chi connectivity index (χ3n) is 5.16. The Kier molecular flexibility index (Phi) is 7.85. The molecule has 2 N–H and O–H groups in total. The third kappa shape index (κ3) is 5.80. The summed E-state index contributed by atoms with van der Waals surface area (Å²) >= 11 is 5.99. The Labute approximate surface area is 181 Å². The van der Waals surface area contributed by atoms with Crippen LogP contribution in [0.5, 0.6) is 0 Å². The lowest BCUT2D eigenvalue weighted by Crippen LogP contribution is -2.43. The van der Waals surface area contributed by atoms with Crippen LogP contribution in [0.4, 0.5) is 0 Å². The summed E-state index contributed by atoms with van der Waals surface area (Å²) in [5.74, 6) is -0.743. The second-order valence-corrected chi connectivity index (χ2v) is 9.77. The molecule has 0 unspecified atom stereocenters. The molecular formula is C21H25ClN2O5S. The van der Waals surface area contributed by atoms with Crippen molar-refractivity contribution in [1.29, 1.82) is 0 Å². The smallest absolute Gasteiger partial charge is 0.245 e. The Bertz CT molecular complexity index is 947. The van der Waals surface area contributed by atoms with Gasteiger partial charge in [0.2, 0.25) is 15.9 Å². The van der Waals surface area contributed by atoms with Crippen LogP contribution in [0, 0.1) is 0 Å². The average Bonchev–Trinajstić information content (AvgIpc) is 2.76. The minimum atomic E-state index is -3.79. The van der Waals surface area contributed by atoms with Gasteiger partial charge in [0.05, 0.1) is 19.1 Å². The number of nitrogens with one attached hydrogen (secondary N) is 1. The van der Waals surface area contributed by atoms with Crippen LogP contribution in [0.2, 0.25) is 5.02 Å². The number of piperidine rings is 1. The van der Waals surface area contributed by atoms with E-state index in [4.69, 9.17) is 21.5 Å². The van der Waals surface area contributed by atoms with Crippen molar-refractivity contribution in [3.05, 3.63) is 70.7 Å². The van der Waals surface area contributed by atoms with E-state index < -0.39 is 21.2 Å². The highest BCUT2D eigenvalue weighted by atomic mass is 35.5. The van der Waals surface area contributed by atoms with Gasteiger partial charge >= 0.3 is 0 Å². The van der Waals surface area contributed by atoms with Crippen LogP contribution in [0.3, 0.4) is 0 Å². The van der Waals surface area contributed by atoms with Crippen LogP contribution in [0.25, 0.3) is 0 Å². The number of rotatable bonds is 8. The summed E-state index contributed by atoms with van der Waals surface area (Å²) in [5, 5.41) is 8.47. The van der Waals surface area contributed by atoms with Crippen LogP contribution in [-0.4, -0.2) is 43.0 Å². The summed E-state index contributed by atoms with van der Waals surface area (Å²) in [6.45, 7) is 1.04. The highest BCUT2D eigenvalue weighted by Gasteiger charge is 2.37. The molecule has 1 aliphatic rings. The van der Waals surface area contributed by atoms with E-state index in [0.29, 0.717) is 43.1 Å². The zero-order chi connectivity index (χ0) is 21.6. The first kappa shape index (κ1) is 22.7. The first-order chi connectivity index (χ1) is 14.4. The van der Waals surface area contributed by atoms with E-state index in [9.17, 15) is 13.2 Å². The minimum Gasteiger partial charge on any atom is -0.373 e. The van der Waals surface area contributed by atoms with Gasteiger partial charge in [-0.15, -0.1) is 0 Å². The third-order valence-corrected chi connectivity index (χ3v) is 7.64. The summed E-state index contributed by atoms with van der Waals surface area (Å²) in [7, 11) is -3.79. The molecule has 2 aromatic rings. The van der Waals surface area contributed by atoms with Crippen molar-refractivity contribution in [3.8, 4) is 0 Å². The second kappa shape index (κ2) is 10.4. The van der Waals surface area contributed by atoms with E-state index >= 15 is 0 Å². The van der Waals surface area contributed by atoms with E-state index in [1.165, 1.54) is 9.79 Å². The number of hydrogen-bond acceptors (Lipinski definition) is 5. The molecule has 1 atom stereocenters. The van der Waals surface area contributed by atoms with Crippen molar-refractivity contribution in [2.75, 3.05) is 13.1 Å². The Morgan fingerprint density at radius 2 is 1.87 bits per heavy atom. The fraction of sp³-hybridized carbons (Fsp3) is 0.381. The molecule has 30 heavy (non-hydrogen) atoms. The summed E-state index contributed by atoms with van der Waals surface area (Å²) < 4.78 is 33.9. The van der Waals surface area contributed by atoms with Gasteiger partial charge in [0.25, 0.3) is 0 Å². The Morgan fingerprint density at radius 1 is 1.17 bits per heavy atom. The molecule has 9 heteroatoms. The van der Waals surface area contributed by atoms with Crippen molar-refractivity contribution >= 4 is 27.5 Å². The molecular weight excluding hydrogens is 428 g/mol. The molecule has 162 valence electrons. The van der Waals surface area contributed by atoms with Crippen molar-refractivity contribution in [2.24, 2.45) is 0 Å². The average molecular weight is 453 g/mol. The van der Waals surface area contributed by atoms with Crippen molar-refractivity contribution in [2.45, 2.75) is 37.2 Å². The molecule has 7 nitrogen and oxygen atoms in total. The number of amides is 1. The molecule has 0 aliphatic carbocycles. The first-order valence-corrected chi connectivity index (χ1v) is 11.6. The lowest BCUT2D eigenvalue weighted by Gasteiger charge is -2.33. The molecule has 1 saturated heterocycles. The number of carbonyl (C=O) groups excluding carboxylic acids is 1. The van der Waals surface area contributed by atoms with Gasteiger partial charge in [-0.1, -0.05) is 54.1 Å². The predicted octanol–water partition coefficient (Wildman–Crippen LogP) is 3.29. The highest BCUT2D eigenvalue weighted by Crippen LogP contribution is 2.31. The number of nitrogens with zero attached hydrogens (tertiary/aromatic N) is 1. The molecule has 0 spiro atoms. The van der Waals surface area contributed by atoms with Crippen LogP contribution in [-0.2, 0) is 26.2 Å². The lowest BCUT2D eigenvalue weighted by atomic mass is 10.1. The van der Waals surface area contributed by atoms with Gasteiger partial charge in [-0.2, -0.15) is 0 Å². The number of halogens is 1. The molecule has 3 rings (SSSR count). The van der Waals surface area contributed by atoms with Crippen LogP contribution < -0.4 is 5.48 Å². The molecule has 0 saturated carbocycles. The summed E-state index contributed by atoms with van der Waals surface area (Å²) in [4.78, 5) is 11.7. The highest BCUT2D eigenvalue weighted by molar-refractivity contribution is 7.89. The molecule has 1 aliphatic heterocycles. The summed E-state index contributed by atoms with van der Waals surface area (Å²) in [6, 6.07) is 16.0. The van der Waals surface area contributed by atoms with E-state index in [0.717, 1.165) is 5.56 Å². The first-order valence-electron chi connectivity index (χ1n) is 9.73. The molecule has 2 aromatic carbocycles. The number of carbonyl (C=O) groups is 1. The number of benzene rings is 2. The minimum absolute atomic E-state index is 0.0497. The summed E-state index contributed by atoms with van der Waals surface area (Å²) in [6.07, 6.45) is 0.723. The van der Waals surface area contributed by atoms with E-state index in [-0.39, 0.29) is 12.5 Å². The predicted molar refractivity (Wildman–Crippen MR) is 113 cm³/mol. The van der Waals surface area contributed by atoms with Gasteiger partial charge in [0, 0.05) is 18.1 Å². The SMILES string of the molecule is O=C(C[C@H](c1ccccc1)S(=O)(=O)N1CCC(OCc2cccc(Cl)c2)CC1)NO. The number of hydroxylamine groups is 1. The van der Waals surface area contributed by atoms with Gasteiger partial charge < -0.3 is 4.74 Å². The van der Waals surface area contributed by atoms with Gasteiger partial charge in [0.15, 0.2) is 0 Å². The fourth-order valence-corrected chi connectivity index (χ4v) is 5.71. The zero-order valence-corrected chi connectivity index (χ0v) is 18.0. The van der Waals surface area contributed by atoms with Crippen molar-refractivity contribution < 1.29 is 23.2 Å². The second-order valence-electron chi connectivity index (χ2n) is 7.22. The van der Waals surface area contributed by atoms with Gasteiger partial charge in [-0.05, 0) is 36.1 Å². The normalized spacial score (nSPS) is 16.9. The molecule has 0 bridgehead atoms. The Morgan fingerprint density at radius 3 is 2.50 bits per heavy atom. The van der Waals surface area contributed by atoms with Crippen molar-refractivity contribution in [3.63, 3.8) is 0 Å². The van der Waals surface area contributed by atoms with Gasteiger partial charge in [-0.3, -0.25) is 10.0 Å². The maximum Gasteiger partial charge on any atom is 0.245 e. The van der Waals surface area contributed by atoms with E-state index in [1.54, 1.807) is 36.4 Å². The Hall–Kier alpha value is -1.97. The zero-order valence-electron chi connectivity index (χ0n) is 16.4. The van der Waals surface area contributed by atoms with Crippen LogP contribution >= 0.6 is 11.6 Å². The number of ether oxygens (including phenoxy) is 1. The molecule has 1 heterocycles. The standard InChI is InChI=1S/C21H25ClN2O5S/c22-18-8-4-5-16(13-18)15-29-19-9-11-24(12-10-19)30(27,28)20(14-21(25)23-26)17-6-2-1-3-7-17/h1-8,13,19-20,26H,9-12,14-15H2,(H,23,25)/t20-/m1/s1. The maximum atomic E-state index is 13.3. The Balaban J connectivity index is 1.63. The molecule has 1 fully saturated rings. The lowest BCUT2D eigenvalue weighted by molar-refractivity contribution is -0.129. The molecule has 0 aromatic heterocycles. The van der Waals surface area contributed by atoms with E-state index in [2.05, 4.69) is 0 Å².